The van der Waals surface area contributed by atoms with Gasteiger partial charge in [0.15, 0.2) is 0 Å². The number of ether oxygens (including phenoxy) is 8. The van der Waals surface area contributed by atoms with Crippen LogP contribution >= 0.6 is 46.4 Å². The molecule has 0 fully saturated rings. The molecule has 4 amide bonds. The Hall–Kier alpha value is -6.18. The van der Waals surface area contributed by atoms with Gasteiger partial charge in [0.25, 0.3) is 0 Å². The minimum Gasteiger partial charge on any atom is -0.481 e. The lowest BCUT2D eigenvalue weighted by atomic mass is 10.0. The van der Waals surface area contributed by atoms with Gasteiger partial charge < -0.3 is 80.0 Å². The van der Waals surface area contributed by atoms with Crippen LogP contribution in [0.25, 0.3) is 0 Å². The zero-order valence-electron chi connectivity index (χ0n) is 55.5. The first kappa shape index (κ1) is 86.2. The highest BCUT2D eigenvalue weighted by molar-refractivity contribution is 7.89. The largest absolute Gasteiger partial charge is 0.481 e. The fraction of sp³-hybridized carbons (Fsp3) is 0.562. The van der Waals surface area contributed by atoms with Crippen molar-refractivity contribution >= 4 is 114 Å². The van der Waals surface area contributed by atoms with E-state index in [1.807, 2.05) is 24.3 Å². The minimum atomic E-state index is -3.70. The zero-order valence-corrected chi connectivity index (χ0v) is 60.1. The Kier molecular flexibility index (Phi) is 44.0. The standard InChI is InChI=1S/C64H92Cl4N10O20S2/c65-49-37-47(38-50(66)41-49)53(43-61(81)82)77-63(85)55(75-59(79)13-3-7-17-71-57-11-1-5-15-69-57)45-97-33-31-95-29-27-93-25-23-91-21-19-73-99(87,88)35-9-10-36-100(89,90)74-20-22-92-24-26-94-28-30-96-32-34-98-46-56(76-60(80)14-4-8-18-72-58-12-2-6-16-70-58)64(86)78-54(44-62(83)84)48-39-51(67)42-52(68)40-48/h1-2,5-6,11-12,15-16,37-42,53-56,73-74H,3-4,7-10,13-14,17-36,43-46H2,(H,69,71)(H,70,72)(H,75,79)(H,76,80)(H,77,85)(H,78,86)(H,81,82)(H,83,84). The van der Waals surface area contributed by atoms with Crippen molar-refractivity contribution in [1.29, 1.82) is 0 Å². The lowest BCUT2D eigenvalue weighted by molar-refractivity contribution is -0.139. The van der Waals surface area contributed by atoms with E-state index in [9.17, 15) is 55.8 Å². The van der Waals surface area contributed by atoms with Crippen molar-refractivity contribution in [2.75, 3.05) is 154 Å². The Balaban J connectivity index is 0.986. The van der Waals surface area contributed by atoms with Gasteiger partial charge in [-0.15, -0.1) is 0 Å². The number of carboxylic acid groups (broad SMARTS) is 2. The van der Waals surface area contributed by atoms with E-state index in [1.165, 1.54) is 36.4 Å². The zero-order chi connectivity index (χ0) is 72.6. The molecular weight excluding hydrogens is 1430 g/mol. The van der Waals surface area contributed by atoms with Crippen molar-refractivity contribution in [3.8, 4) is 0 Å². The van der Waals surface area contributed by atoms with Crippen LogP contribution in [0.1, 0.15) is 87.4 Å². The molecule has 10 N–H and O–H groups in total. The molecule has 0 spiro atoms. The molecule has 0 aliphatic heterocycles. The average molecular weight is 1530 g/mol. The van der Waals surface area contributed by atoms with Gasteiger partial charge in [0.1, 0.15) is 23.7 Å². The number of nitrogens with one attached hydrogen (secondary N) is 8. The average Bonchev–Trinajstić information content (AvgIpc) is 0.863. The Morgan fingerprint density at radius 3 is 1.06 bits per heavy atom. The normalized spacial score (nSPS) is 12.8. The number of benzene rings is 2. The summed E-state index contributed by atoms with van der Waals surface area (Å²) in [5, 5.41) is 37.3. The number of nitrogens with zero attached hydrogens (tertiary/aromatic N) is 2. The van der Waals surface area contributed by atoms with Crippen molar-refractivity contribution in [3.05, 3.63) is 116 Å². The summed E-state index contributed by atoms with van der Waals surface area (Å²) in [4.78, 5) is 85.1. The summed E-state index contributed by atoms with van der Waals surface area (Å²) >= 11 is 24.7. The first-order valence-electron chi connectivity index (χ1n) is 32.5. The molecule has 4 aromatic rings. The molecule has 100 heavy (non-hydrogen) atoms. The molecule has 0 saturated heterocycles. The van der Waals surface area contributed by atoms with Crippen molar-refractivity contribution in [2.45, 2.75) is 88.4 Å². The van der Waals surface area contributed by atoms with Crippen LogP contribution in [0.4, 0.5) is 11.6 Å². The Bertz CT molecular complexity index is 3020. The van der Waals surface area contributed by atoms with Gasteiger partial charge in [-0.1, -0.05) is 58.5 Å². The summed E-state index contributed by atoms with van der Waals surface area (Å²) in [5.74, 6) is -3.72. The number of pyridine rings is 2. The second-order valence-corrected chi connectivity index (χ2v) is 27.7. The maximum Gasteiger partial charge on any atom is 0.305 e. The summed E-state index contributed by atoms with van der Waals surface area (Å²) < 4.78 is 99.2. The third-order valence-electron chi connectivity index (χ3n) is 13.9. The Morgan fingerprint density at radius 2 is 0.740 bits per heavy atom. The predicted molar refractivity (Wildman–Crippen MR) is 376 cm³/mol. The summed E-state index contributed by atoms with van der Waals surface area (Å²) in [6.07, 6.45) is 5.07. The first-order valence-corrected chi connectivity index (χ1v) is 37.3. The van der Waals surface area contributed by atoms with Crippen LogP contribution in [0.2, 0.25) is 20.1 Å². The highest BCUT2D eigenvalue weighted by Crippen LogP contribution is 2.27. The maximum absolute atomic E-state index is 13.6. The minimum absolute atomic E-state index is 0.00709. The van der Waals surface area contributed by atoms with E-state index in [2.05, 4.69) is 51.3 Å². The van der Waals surface area contributed by atoms with Crippen LogP contribution in [-0.4, -0.2) is 228 Å². The molecule has 0 aliphatic carbocycles. The Morgan fingerprint density at radius 1 is 0.410 bits per heavy atom. The number of hydrogen-bond acceptors (Lipinski definition) is 22. The van der Waals surface area contributed by atoms with Gasteiger partial charge in [-0.25, -0.2) is 36.2 Å². The quantitative estimate of drug-likeness (QED) is 0.0249. The molecule has 36 heteroatoms. The number of halogens is 4. The highest BCUT2D eigenvalue weighted by Gasteiger charge is 2.28. The third-order valence-corrected chi connectivity index (χ3v) is 17.7. The summed E-state index contributed by atoms with van der Waals surface area (Å²) in [6, 6.07) is 15.5. The number of rotatable bonds is 59. The van der Waals surface area contributed by atoms with Crippen LogP contribution in [-0.2, 0) is 86.7 Å². The third kappa shape index (κ3) is 41.7. The van der Waals surface area contributed by atoms with Gasteiger partial charge in [-0.2, -0.15) is 0 Å². The molecule has 30 nitrogen and oxygen atoms in total. The van der Waals surface area contributed by atoms with E-state index in [0.717, 1.165) is 0 Å². The number of carbonyl (C=O) groups excluding carboxylic acids is 4. The van der Waals surface area contributed by atoms with E-state index >= 15 is 0 Å². The van der Waals surface area contributed by atoms with Crippen molar-refractivity contribution in [1.82, 2.24) is 40.7 Å². The number of carbonyl (C=O) groups is 6. The number of sulfonamides is 2. The summed E-state index contributed by atoms with van der Waals surface area (Å²) in [6.45, 7) is 2.57. The second-order valence-electron chi connectivity index (χ2n) is 22.1. The van der Waals surface area contributed by atoms with Crippen LogP contribution in [0.15, 0.2) is 85.2 Å². The number of aromatic nitrogens is 2. The molecule has 0 saturated carbocycles. The number of unbranched alkanes of at least 4 members (excludes halogenated alkanes) is 3. The van der Waals surface area contributed by atoms with Gasteiger partial charge in [-0.3, -0.25) is 28.8 Å². The molecule has 2 heterocycles. The molecule has 4 atom stereocenters. The SMILES string of the molecule is O=C(O)CC(NC(=O)C(COCCOCCOCCOCCNS(=O)(=O)CCCCS(=O)(=O)NCCOCCOCCOCCOCC(NC(=O)CCCCNc1ccccn1)C(=O)NC(CC(=O)O)c1cc(Cl)cc(Cl)c1)NC(=O)CCCCNc1ccccn1)c1cc(Cl)cc(Cl)c1. The molecule has 4 unspecified atom stereocenters. The van der Waals surface area contributed by atoms with Crippen molar-refractivity contribution in [2.24, 2.45) is 0 Å². The fourth-order valence-corrected chi connectivity index (χ4v) is 12.4. The van der Waals surface area contributed by atoms with E-state index < -0.39 is 92.6 Å². The number of aliphatic carboxylic acids is 2. The van der Waals surface area contributed by atoms with Crippen LogP contribution in [0, 0.1) is 0 Å². The number of anilines is 2. The van der Waals surface area contributed by atoms with Crippen LogP contribution < -0.4 is 41.3 Å². The fourth-order valence-electron chi connectivity index (χ4n) is 9.03. The van der Waals surface area contributed by atoms with Gasteiger partial charge >= 0.3 is 11.9 Å². The first-order chi connectivity index (χ1) is 48.1. The van der Waals surface area contributed by atoms with Gasteiger partial charge in [0.05, 0.1) is 142 Å². The van der Waals surface area contributed by atoms with Crippen LogP contribution in [0.3, 0.4) is 0 Å². The smallest absolute Gasteiger partial charge is 0.305 e. The lowest BCUT2D eigenvalue weighted by Gasteiger charge is -2.23. The van der Waals surface area contributed by atoms with E-state index in [0.29, 0.717) is 61.5 Å². The summed E-state index contributed by atoms with van der Waals surface area (Å²) in [7, 11) is -7.40. The van der Waals surface area contributed by atoms with Crippen molar-refractivity contribution in [3.63, 3.8) is 0 Å². The number of carboxylic acids is 2. The van der Waals surface area contributed by atoms with Crippen molar-refractivity contribution < 1.29 is 93.7 Å². The molecule has 0 aliphatic rings. The van der Waals surface area contributed by atoms with E-state index in [-0.39, 0.29) is 176 Å². The number of amides is 4. The molecule has 2 aromatic carbocycles. The predicted octanol–water partition coefficient (Wildman–Crippen LogP) is 5.34. The maximum atomic E-state index is 13.6. The molecule has 558 valence electrons. The van der Waals surface area contributed by atoms with Gasteiger partial charge in [0.2, 0.25) is 43.7 Å². The highest BCUT2D eigenvalue weighted by atomic mass is 35.5. The Labute approximate surface area is 603 Å². The molecule has 0 radical (unpaired) electrons. The van der Waals surface area contributed by atoms with E-state index in [1.54, 1.807) is 24.5 Å². The topological polar surface area (TPSA) is 407 Å². The van der Waals surface area contributed by atoms with Gasteiger partial charge in [-0.05, 0) is 110 Å². The summed E-state index contributed by atoms with van der Waals surface area (Å²) in [5.41, 5.74) is 0.721. The monoisotopic (exact) mass is 1520 g/mol. The lowest BCUT2D eigenvalue weighted by Crippen LogP contribution is -2.50. The molecule has 4 rings (SSSR count). The van der Waals surface area contributed by atoms with E-state index in [4.69, 9.17) is 84.3 Å². The molecule has 2 aromatic heterocycles. The van der Waals surface area contributed by atoms with Gasteiger partial charge in [0, 0.05) is 71.5 Å². The van der Waals surface area contributed by atoms with Crippen LogP contribution in [0.5, 0.6) is 0 Å². The second kappa shape index (κ2) is 51.0. The molecular formula is C64H92Cl4N10O20S2. The molecule has 0 bridgehead atoms. The number of hydrogen-bond donors (Lipinski definition) is 10.